The molecule has 1 fully saturated rings. The van der Waals surface area contributed by atoms with Crippen molar-refractivity contribution in [2.45, 2.75) is 24.5 Å². The molecule has 3 heterocycles. The minimum Gasteiger partial charge on any atom is -0.394 e. The Labute approximate surface area is 127 Å². The first-order valence-corrected chi connectivity index (χ1v) is 7.93. The molecule has 1 aliphatic rings. The van der Waals surface area contributed by atoms with E-state index < -0.39 is 44.5 Å². The number of hydrogen-bond donors (Lipinski definition) is 5. The van der Waals surface area contributed by atoms with Gasteiger partial charge in [-0.3, -0.25) is 13.9 Å². The molecule has 0 aliphatic carbocycles. The summed E-state index contributed by atoms with van der Waals surface area (Å²) >= 11 is 0. The highest BCUT2D eigenvalue weighted by atomic mass is 31.2. The average molecular weight is 348 g/mol. The van der Waals surface area contributed by atoms with Crippen LogP contribution in [0.15, 0.2) is 17.4 Å². The summed E-state index contributed by atoms with van der Waals surface area (Å²) in [6, 6.07) is 0. The maximum atomic E-state index is 11.6. The number of phosphoric acid groups is 1. The lowest BCUT2D eigenvalue weighted by Crippen LogP contribution is -2.35. The summed E-state index contributed by atoms with van der Waals surface area (Å²) in [7, 11) is -4.91. The van der Waals surface area contributed by atoms with Gasteiger partial charge in [-0.2, -0.15) is 0 Å². The number of imidazole rings is 1. The minimum absolute atomic E-state index is 0.00297. The number of aliphatic hydroxyl groups is 2. The monoisotopic (exact) mass is 348 g/mol. The molecule has 5 N–H and O–H groups in total. The van der Waals surface area contributed by atoms with Gasteiger partial charge < -0.3 is 29.7 Å². The van der Waals surface area contributed by atoms with Crippen LogP contribution in [0.25, 0.3) is 11.2 Å². The summed E-state index contributed by atoms with van der Waals surface area (Å²) in [5.74, 6) is 0. The van der Waals surface area contributed by atoms with Crippen LogP contribution in [-0.4, -0.2) is 64.4 Å². The van der Waals surface area contributed by atoms with Crippen molar-refractivity contribution in [3.63, 3.8) is 0 Å². The van der Waals surface area contributed by atoms with Crippen molar-refractivity contribution >= 4 is 19.0 Å². The Morgan fingerprint density at radius 1 is 1.43 bits per heavy atom. The summed E-state index contributed by atoms with van der Waals surface area (Å²) in [6.45, 7) is -0.640. The fraction of sp³-hybridized carbons (Fsp3) is 0.500. The summed E-state index contributed by atoms with van der Waals surface area (Å²) < 4.78 is 22.1. The van der Waals surface area contributed by atoms with Gasteiger partial charge in [-0.05, 0) is 0 Å². The lowest BCUT2D eigenvalue weighted by atomic mass is 10.1. The molecule has 126 valence electrons. The molecule has 13 heteroatoms. The molecular weight excluding hydrogens is 335 g/mol. The number of fused-ring (bicyclic) bond motifs is 1. The molecule has 23 heavy (non-hydrogen) atoms. The lowest BCUT2D eigenvalue weighted by Gasteiger charge is -2.19. The van der Waals surface area contributed by atoms with E-state index in [1.54, 1.807) is 0 Å². The van der Waals surface area contributed by atoms with E-state index in [4.69, 9.17) is 14.5 Å². The zero-order valence-corrected chi connectivity index (χ0v) is 12.3. The maximum Gasteiger partial charge on any atom is 0.470 e. The second-order valence-corrected chi connectivity index (χ2v) is 6.05. The first-order valence-electron chi connectivity index (χ1n) is 6.40. The Morgan fingerprint density at radius 2 is 2.17 bits per heavy atom. The predicted octanol–water partition coefficient (Wildman–Crippen LogP) is -2.15. The molecule has 3 rings (SSSR count). The van der Waals surface area contributed by atoms with E-state index >= 15 is 0 Å². The third kappa shape index (κ3) is 2.93. The van der Waals surface area contributed by atoms with Crippen molar-refractivity contribution in [2.24, 2.45) is 0 Å². The van der Waals surface area contributed by atoms with Crippen LogP contribution in [0, 0.1) is 0 Å². The quantitative estimate of drug-likeness (QED) is 0.382. The Kier molecular flexibility index (Phi) is 4.06. The molecule has 1 saturated heterocycles. The molecule has 0 unspecified atom stereocenters. The molecule has 0 amide bonds. The fourth-order valence-corrected chi connectivity index (χ4v) is 3.01. The van der Waals surface area contributed by atoms with Crippen LogP contribution in [0.5, 0.6) is 0 Å². The molecule has 0 radical (unpaired) electrons. The second kappa shape index (κ2) is 5.76. The van der Waals surface area contributed by atoms with Crippen molar-refractivity contribution in [3.8, 4) is 0 Å². The number of nitrogens with one attached hydrogen (secondary N) is 1. The number of rotatable bonds is 4. The normalized spacial score (nSPS) is 28.5. The van der Waals surface area contributed by atoms with Gasteiger partial charge in [0.1, 0.15) is 18.3 Å². The smallest absolute Gasteiger partial charge is 0.394 e. The van der Waals surface area contributed by atoms with Crippen molar-refractivity contribution in [2.75, 3.05) is 6.61 Å². The summed E-state index contributed by atoms with van der Waals surface area (Å²) in [5, 5.41) is 19.5. The van der Waals surface area contributed by atoms with E-state index in [0.717, 1.165) is 6.33 Å². The van der Waals surface area contributed by atoms with E-state index in [0.29, 0.717) is 0 Å². The highest BCUT2D eigenvalue weighted by Gasteiger charge is 2.48. The Morgan fingerprint density at radius 3 is 2.83 bits per heavy atom. The van der Waals surface area contributed by atoms with Gasteiger partial charge in [0, 0.05) is 0 Å². The number of phosphoric ester groups is 1. The first kappa shape index (κ1) is 16.2. The van der Waals surface area contributed by atoms with Crippen LogP contribution in [0.4, 0.5) is 0 Å². The SMILES string of the molecule is O=c1[nH]cnc2c1ncn2[C@@H]1O[C@H](CO)[C@@H](OP(=O)(O)O)[C@H]1O. The highest BCUT2D eigenvalue weighted by molar-refractivity contribution is 7.46. The van der Waals surface area contributed by atoms with E-state index in [-0.39, 0.29) is 11.2 Å². The van der Waals surface area contributed by atoms with Crippen molar-refractivity contribution in [1.82, 2.24) is 19.5 Å². The lowest BCUT2D eigenvalue weighted by molar-refractivity contribution is -0.0509. The number of aromatic amines is 1. The average Bonchev–Trinajstić information content (AvgIpc) is 3.01. The zero-order valence-electron chi connectivity index (χ0n) is 11.4. The van der Waals surface area contributed by atoms with E-state index in [1.807, 2.05) is 0 Å². The molecule has 2 aromatic rings. The van der Waals surface area contributed by atoms with E-state index in [2.05, 4.69) is 19.5 Å². The molecule has 0 spiro atoms. The number of aromatic nitrogens is 4. The first-order chi connectivity index (χ1) is 10.8. The van der Waals surface area contributed by atoms with Crippen molar-refractivity contribution in [1.29, 1.82) is 0 Å². The molecule has 0 aromatic carbocycles. The van der Waals surface area contributed by atoms with Gasteiger partial charge in [-0.15, -0.1) is 0 Å². The summed E-state index contributed by atoms with van der Waals surface area (Å²) in [6.07, 6.45) is -3.04. The number of nitrogens with zero attached hydrogens (tertiary/aromatic N) is 3. The highest BCUT2D eigenvalue weighted by Crippen LogP contribution is 2.43. The van der Waals surface area contributed by atoms with Gasteiger partial charge in [-0.1, -0.05) is 0 Å². The molecule has 2 aromatic heterocycles. The van der Waals surface area contributed by atoms with Gasteiger partial charge in [-0.25, -0.2) is 14.5 Å². The van der Waals surface area contributed by atoms with Crippen LogP contribution >= 0.6 is 7.82 Å². The zero-order chi connectivity index (χ0) is 16.8. The van der Waals surface area contributed by atoms with Crippen LogP contribution < -0.4 is 5.56 Å². The van der Waals surface area contributed by atoms with E-state index in [1.165, 1.54) is 10.9 Å². The summed E-state index contributed by atoms with van der Waals surface area (Å²) in [4.78, 5) is 39.5. The molecule has 12 nitrogen and oxygen atoms in total. The Balaban J connectivity index is 1.98. The van der Waals surface area contributed by atoms with Gasteiger partial charge in [0.15, 0.2) is 17.4 Å². The number of H-pyrrole nitrogens is 1. The van der Waals surface area contributed by atoms with Crippen molar-refractivity contribution in [3.05, 3.63) is 23.0 Å². The molecule has 4 atom stereocenters. The van der Waals surface area contributed by atoms with Gasteiger partial charge in [0.05, 0.1) is 19.3 Å². The number of hydrogen-bond acceptors (Lipinski definition) is 8. The fourth-order valence-electron chi connectivity index (χ4n) is 2.43. The largest absolute Gasteiger partial charge is 0.470 e. The van der Waals surface area contributed by atoms with E-state index in [9.17, 15) is 19.6 Å². The van der Waals surface area contributed by atoms with Crippen LogP contribution in [0.1, 0.15) is 6.23 Å². The second-order valence-electron chi connectivity index (χ2n) is 4.85. The topological polar surface area (TPSA) is 180 Å². The van der Waals surface area contributed by atoms with Crippen LogP contribution in [0.3, 0.4) is 0 Å². The standard InChI is InChI=1S/C10H13N4O8P/c15-1-4-7(22-23(18,19)20)6(16)10(21-4)14-3-13-5-8(14)11-2-12-9(5)17/h2-4,6-7,10,15-16H,1H2,(H,11,12,17)(H2,18,19,20)/t4-,6-,7-,10-/m1/s1. The van der Waals surface area contributed by atoms with Crippen molar-refractivity contribution < 1.29 is 33.8 Å². The number of aliphatic hydroxyl groups excluding tert-OH is 2. The molecule has 0 bridgehead atoms. The Hall–Kier alpha value is -1.66. The third-order valence-electron chi connectivity index (χ3n) is 3.39. The minimum atomic E-state index is -4.91. The van der Waals surface area contributed by atoms with Crippen LogP contribution in [0.2, 0.25) is 0 Å². The van der Waals surface area contributed by atoms with Gasteiger partial charge in [0.2, 0.25) is 0 Å². The summed E-state index contributed by atoms with van der Waals surface area (Å²) in [5.41, 5.74) is -0.391. The molecule has 0 saturated carbocycles. The van der Waals surface area contributed by atoms with Gasteiger partial charge >= 0.3 is 7.82 Å². The third-order valence-corrected chi connectivity index (χ3v) is 3.91. The molecule has 1 aliphatic heterocycles. The predicted molar refractivity (Wildman–Crippen MR) is 72.1 cm³/mol. The van der Waals surface area contributed by atoms with Gasteiger partial charge in [0.25, 0.3) is 5.56 Å². The molecular formula is C10H13N4O8P. The number of ether oxygens (including phenoxy) is 1. The maximum absolute atomic E-state index is 11.6. The van der Waals surface area contributed by atoms with Crippen LogP contribution in [-0.2, 0) is 13.8 Å². The Bertz CT molecular complexity index is 815.